The van der Waals surface area contributed by atoms with Crippen LogP contribution in [0.25, 0.3) is 0 Å². The standard InChI is InChI=1S/C19H27BN2O2/c1-6-7-15-12-16(20-23-18(2,3)19(4,5)24-20)14-17(13-15)22-10-8-21-9-11-22/h1,12-14,21H,7-11H2,2-5H3. The molecule has 3 rings (SSSR count). The Morgan fingerprint density at radius 2 is 1.75 bits per heavy atom. The zero-order valence-corrected chi connectivity index (χ0v) is 15.2. The second-order valence-electron chi connectivity index (χ2n) is 7.64. The molecule has 0 radical (unpaired) electrons. The number of rotatable bonds is 3. The van der Waals surface area contributed by atoms with Crippen molar-refractivity contribution in [3.8, 4) is 12.3 Å². The Labute approximate surface area is 146 Å². The van der Waals surface area contributed by atoms with Crippen LogP contribution in [0.2, 0.25) is 0 Å². The number of nitrogens with one attached hydrogen (secondary N) is 1. The van der Waals surface area contributed by atoms with Crippen LogP contribution in [0.15, 0.2) is 18.2 Å². The summed E-state index contributed by atoms with van der Waals surface area (Å²) in [6, 6.07) is 6.50. The second kappa shape index (κ2) is 6.44. The van der Waals surface area contributed by atoms with Crippen LogP contribution < -0.4 is 15.7 Å². The zero-order valence-electron chi connectivity index (χ0n) is 15.2. The van der Waals surface area contributed by atoms with Crippen LogP contribution in [0.4, 0.5) is 5.69 Å². The minimum atomic E-state index is -0.352. The molecular formula is C19H27BN2O2. The monoisotopic (exact) mass is 326 g/mol. The Morgan fingerprint density at radius 3 is 2.33 bits per heavy atom. The lowest BCUT2D eigenvalue weighted by Gasteiger charge is -2.32. The fourth-order valence-electron chi connectivity index (χ4n) is 3.14. The van der Waals surface area contributed by atoms with Crippen molar-refractivity contribution in [2.24, 2.45) is 0 Å². The molecule has 0 saturated carbocycles. The third-order valence-electron chi connectivity index (χ3n) is 5.31. The maximum absolute atomic E-state index is 6.22. The van der Waals surface area contributed by atoms with Gasteiger partial charge in [-0.2, -0.15) is 0 Å². The van der Waals surface area contributed by atoms with Crippen LogP contribution >= 0.6 is 0 Å². The Balaban J connectivity index is 1.92. The first-order valence-electron chi connectivity index (χ1n) is 8.71. The molecule has 0 atom stereocenters. The topological polar surface area (TPSA) is 33.7 Å². The number of nitrogens with zero attached hydrogens (tertiary/aromatic N) is 1. The highest BCUT2D eigenvalue weighted by Crippen LogP contribution is 2.36. The van der Waals surface area contributed by atoms with Gasteiger partial charge in [-0.1, -0.05) is 6.07 Å². The van der Waals surface area contributed by atoms with Gasteiger partial charge in [0.2, 0.25) is 0 Å². The highest BCUT2D eigenvalue weighted by atomic mass is 16.7. The van der Waals surface area contributed by atoms with Crippen LogP contribution in [0.3, 0.4) is 0 Å². The van der Waals surface area contributed by atoms with Gasteiger partial charge in [0.05, 0.1) is 11.2 Å². The summed E-state index contributed by atoms with van der Waals surface area (Å²) < 4.78 is 12.4. The van der Waals surface area contributed by atoms with Gasteiger partial charge in [-0.15, -0.1) is 12.3 Å². The van der Waals surface area contributed by atoms with Gasteiger partial charge in [-0.25, -0.2) is 0 Å². The first-order valence-corrected chi connectivity index (χ1v) is 8.71. The number of piperazine rings is 1. The van der Waals surface area contributed by atoms with Crippen molar-refractivity contribution in [2.45, 2.75) is 45.3 Å². The van der Waals surface area contributed by atoms with E-state index in [1.165, 1.54) is 5.69 Å². The second-order valence-corrected chi connectivity index (χ2v) is 7.64. The van der Waals surface area contributed by atoms with Crippen LogP contribution in [-0.2, 0) is 15.7 Å². The van der Waals surface area contributed by atoms with E-state index in [9.17, 15) is 0 Å². The molecular weight excluding hydrogens is 299 g/mol. The summed E-state index contributed by atoms with van der Waals surface area (Å²) in [6.07, 6.45) is 6.16. The van der Waals surface area contributed by atoms with Crippen LogP contribution in [0.1, 0.15) is 33.3 Å². The maximum Gasteiger partial charge on any atom is 0.494 e. The molecule has 0 unspecified atom stereocenters. The minimum Gasteiger partial charge on any atom is -0.399 e. The quantitative estimate of drug-likeness (QED) is 0.675. The summed E-state index contributed by atoms with van der Waals surface area (Å²) in [5.41, 5.74) is 2.71. The molecule has 0 aromatic heterocycles. The molecule has 2 aliphatic rings. The molecule has 128 valence electrons. The van der Waals surface area contributed by atoms with E-state index in [-0.39, 0.29) is 18.3 Å². The van der Waals surface area contributed by atoms with Gasteiger partial charge in [0.15, 0.2) is 0 Å². The van der Waals surface area contributed by atoms with Gasteiger partial charge in [0.1, 0.15) is 0 Å². The van der Waals surface area contributed by atoms with E-state index in [0.717, 1.165) is 37.2 Å². The molecule has 0 spiro atoms. The molecule has 2 fully saturated rings. The van der Waals surface area contributed by atoms with Gasteiger partial charge in [-0.3, -0.25) is 0 Å². The summed E-state index contributed by atoms with van der Waals surface area (Å²) >= 11 is 0. The molecule has 24 heavy (non-hydrogen) atoms. The first kappa shape index (κ1) is 17.4. The van der Waals surface area contributed by atoms with Gasteiger partial charge in [0, 0.05) is 38.3 Å². The van der Waals surface area contributed by atoms with Crippen LogP contribution in [0, 0.1) is 12.3 Å². The molecule has 2 aliphatic heterocycles. The number of hydrogen-bond donors (Lipinski definition) is 1. The van der Waals surface area contributed by atoms with Crippen molar-refractivity contribution in [2.75, 3.05) is 31.1 Å². The maximum atomic E-state index is 6.22. The van der Waals surface area contributed by atoms with Crippen molar-refractivity contribution in [1.29, 1.82) is 0 Å². The van der Waals surface area contributed by atoms with E-state index < -0.39 is 0 Å². The van der Waals surface area contributed by atoms with Crippen LogP contribution in [-0.4, -0.2) is 44.5 Å². The van der Waals surface area contributed by atoms with E-state index in [2.05, 4.69) is 62.0 Å². The molecule has 1 aromatic rings. The molecule has 1 aromatic carbocycles. The average molecular weight is 326 g/mol. The van der Waals surface area contributed by atoms with Crippen LogP contribution in [0.5, 0.6) is 0 Å². The van der Waals surface area contributed by atoms with Gasteiger partial charge < -0.3 is 19.5 Å². The molecule has 0 amide bonds. The molecule has 5 heteroatoms. The fourth-order valence-corrected chi connectivity index (χ4v) is 3.14. The first-order chi connectivity index (χ1) is 11.3. The SMILES string of the molecule is C#CCc1cc(B2OC(C)(C)C(C)(C)O2)cc(N2CCNCC2)c1. The lowest BCUT2D eigenvalue weighted by atomic mass is 9.77. The van der Waals surface area contributed by atoms with Crippen molar-refractivity contribution in [3.63, 3.8) is 0 Å². The molecule has 4 nitrogen and oxygen atoms in total. The summed E-state index contributed by atoms with van der Waals surface area (Å²) in [5.74, 6) is 2.75. The van der Waals surface area contributed by atoms with Gasteiger partial charge >= 0.3 is 7.12 Å². The molecule has 2 heterocycles. The summed E-state index contributed by atoms with van der Waals surface area (Å²) in [7, 11) is -0.352. The fraction of sp³-hybridized carbons (Fsp3) is 0.579. The van der Waals surface area contributed by atoms with E-state index >= 15 is 0 Å². The lowest BCUT2D eigenvalue weighted by molar-refractivity contribution is 0.00578. The largest absolute Gasteiger partial charge is 0.494 e. The van der Waals surface area contributed by atoms with E-state index in [4.69, 9.17) is 15.7 Å². The van der Waals surface area contributed by atoms with Crippen molar-refractivity contribution in [1.82, 2.24) is 5.32 Å². The Morgan fingerprint density at radius 1 is 1.12 bits per heavy atom. The number of terminal acetylenes is 1. The van der Waals surface area contributed by atoms with Gasteiger partial charge in [-0.05, 0) is 50.9 Å². The van der Waals surface area contributed by atoms with Crippen molar-refractivity contribution < 1.29 is 9.31 Å². The lowest BCUT2D eigenvalue weighted by Crippen LogP contribution is -2.44. The normalized spacial score (nSPS) is 22.5. The summed E-state index contributed by atoms with van der Waals surface area (Å²) in [4.78, 5) is 2.39. The number of anilines is 1. The van der Waals surface area contributed by atoms with Crippen molar-refractivity contribution >= 4 is 18.3 Å². The van der Waals surface area contributed by atoms with E-state index in [0.29, 0.717) is 6.42 Å². The molecule has 0 aliphatic carbocycles. The number of benzene rings is 1. The predicted molar refractivity (Wildman–Crippen MR) is 99.8 cm³/mol. The smallest absolute Gasteiger partial charge is 0.399 e. The highest BCUT2D eigenvalue weighted by Gasteiger charge is 2.51. The minimum absolute atomic E-state index is 0.338. The van der Waals surface area contributed by atoms with E-state index in [1.54, 1.807) is 0 Å². The van der Waals surface area contributed by atoms with Crippen molar-refractivity contribution in [3.05, 3.63) is 23.8 Å². The molecule has 2 saturated heterocycles. The Hall–Kier alpha value is -1.48. The predicted octanol–water partition coefficient (Wildman–Crippen LogP) is 1.57. The van der Waals surface area contributed by atoms with E-state index in [1.807, 2.05) is 0 Å². The summed E-state index contributed by atoms with van der Waals surface area (Å²) in [5, 5.41) is 3.39. The Bertz CT molecular complexity index is 629. The third-order valence-corrected chi connectivity index (χ3v) is 5.31. The number of hydrogen-bond acceptors (Lipinski definition) is 4. The summed E-state index contributed by atoms with van der Waals surface area (Å²) in [6.45, 7) is 12.3. The molecule has 0 bridgehead atoms. The third kappa shape index (κ3) is 3.32. The average Bonchev–Trinajstić information content (AvgIpc) is 2.76. The highest BCUT2D eigenvalue weighted by molar-refractivity contribution is 6.62. The zero-order chi connectivity index (χ0) is 17.4. The molecule has 1 N–H and O–H groups in total. The van der Waals surface area contributed by atoms with Gasteiger partial charge in [0.25, 0.3) is 0 Å². The Kier molecular flexibility index (Phi) is 4.66.